The number of benzene rings is 1. The zero-order chi connectivity index (χ0) is 19.3. The van der Waals surface area contributed by atoms with E-state index in [0.29, 0.717) is 38.9 Å². The summed E-state index contributed by atoms with van der Waals surface area (Å²) in [7, 11) is 3.29. The highest BCUT2D eigenvalue weighted by atomic mass is 35.5. The van der Waals surface area contributed by atoms with Gasteiger partial charge in [-0.05, 0) is 12.1 Å². The molecule has 27 heavy (non-hydrogen) atoms. The van der Waals surface area contributed by atoms with Crippen LogP contribution in [-0.2, 0) is 25.5 Å². The first-order valence-corrected chi connectivity index (χ1v) is 8.91. The molecule has 0 saturated carbocycles. The number of fused-ring (bicyclic) bond motifs is 1. The minimum absolute atomic E-state index is 0.0742. The number of rotatable bonds is 3. The number of hydrogen-bond donors (Lipinski definition) is 0. The number of hydrogen-bond acceptors (Lipinski definition) is 5. The number of oxime groups is 1. The van der Waals surface area contributed by atoms with E-state index >= 15 is 0 Å². The van der Waals surface area contributed by atoms with Crippen LogP contribution in [0.3, 0.4) is 0 Å². The van der Waals surface area contributed by atoms with Gasteiger partial charge in [-0.3, -0.25) is 13.9 Å². The van der Waals surface area contributed by atoms with Crippen LogP contribution in [0.15, 0.2) is 39.3 Å². The highest BCUT2D eigenvalue weighted by molar-refractivity contribution is 6.37. The summed E-state index contributed by atoms with van der Waals surface area (Å²) in [6, 6.07) is 5.11. The molecule has 0 amide bonds. The van der Waals surface area contributed by atoms with Crippen molar-refractivity contribution in [2.24, 2.45) is 19.3 Å². The fraction of sp³-hybridized carbons (Fsp3) is 0.294. The molecule has 0 radical (unpaired) electrons. The summed E-state index contributed by atoms with van der Waals surface area (Å²) in [6.45, 7) is 0.0742. The molecular formula is C17H15Cl2N5O3. The third-order valence-corrected chi connectivity index (χ3v) is 5.11. The maximum atomic E-state index is 12.8. The van der Waals surface area contributed by atoms with Gasteiger partial charge < -0.3 is 9.40 Å². The molecule has 0 unspecified atom stereocenters. The second kappa shape index (κ2) is 6.54. The SMILES string of the molecule is Cn1cnc2c1c(=O)n(C[C@@H]1CC(c3ccc(Cl)cc3Cl)=NO1)c(=O)n2C. The summed E-state index contributed by atoms with van der Waals surface area (Å²) >= 11 is 12.1. The molecular weight excluding hydrogens is 393 g/mol. The van der Waals surface area contributed by atoms with Crippen molar-refractivity contribution in [3.05, 3.63) is 61.0 Å². The van der Waals surface area contributed by atoms with Crippen LogP contribution < -0.4 is 11.2 Å². The monoisotopic (exact) mass is 407 g/mol. The first-order valence-electron chi connectivity index (χ1n) is 8.15. The Labute approximate surface area is 163 Å². The molecule has 0 fully saturated rings. The van der Waals surface area contributed by atoms with Crippen LogP contribution in [0.5, 0.6) is 0 Å². The maximum Gasteiger partial charge on any atom is 0.332 e. The van der Waals surface area contributed by atoms with E-state index in [4.69, 9.17) is 28.0 Å². The third-order valence-electron chi connectivity index (χ3n) is 4.56. The first-order chi connectivity index (χ1) is 12.9. The Kier molecular flexibility index (Phi) is 4.32. The molecule has 1 aromatic carbocycles. The van der Waals surface area contributed by atoms with Crippen LogP contribution in [0, 0.1) is 0 Å². The third kappa shape index (κ3) is 2.94. The molecule has 0 N–H and O–H groups in total. The van der Waals surface area contributed by atoms with E-state index in [1.54, 1.807) is 36.9 Å². The highest BCUT2D eigenvalue weighted by Crippen LogP contribution is 2.26. The summed E-state index contributed by atoms with van der Waals surface area (Å²) in [5.74, 6) is 0. The van der Waals surface area contributed by atoms with Crippen molar-refractivity contribution >= 4 is 40.1 Å². The fourth-order valence-corrected chi connectivity index (χ4v) is 3.69. The van der Waals surface area contributed by atoms with E-state index in [1.165, 1.54) is 10.9 Å². The van der Waals surface area contributed by atoms with E-state index < -0.39 is 17.4 Å². The van der Waals surface area contributed by atoms with Crippen LogP contribution >= 0.6 is 23.2 Å². The number of aryl methyl sites for hydroxylation is 2. The van der Waals surface area contributed by atoms with E-state index in [9.17, 15) is 9.59 Å². The molecule has 1 aliphatic rings. The van der Waals surface area contributed by atoms with Crippen molar-refractivity contribution in [2.75, 3.05) is 0 Å². The summed E-state index contributed by atoms with van der Waals surface area (Å²) in [4.78, 5) is 34.9. The molecule has 3 heterocycles. The number of aromatic nitrogens is 4. The zero-order valence-corrected chi connectivity index (χ0v) is 16.0. The Morgan fingerprint density at radius 3 is 2.78 bits per heavy atom. The Hall–Kier alpha value is -2.58. The van der Waals surface area contributed by atoms with Gasteiger partial charge in [0, 0.05) is 31.1 Å². The predicted molar refractivity (Wildman–Crippen MR) is 103 cm³/mol. The van der Waals surface area contributed by atoms with Crippen LogP contribution in [0.1, 0.15) is 12.0 Å². The smallest absolute Gasteiger partial charge is 0.332 e. The van der Waals surface area contributed by atoms with Gasteiger partial charge in [0.05, 0.1) is 23.6 Å². The summed E-state index contributed by atoms with van der Waals surface area (Å²) < 4.78 is 4.10. The Morgan fingerprint density at radius 2 is 2.04 bits per heavy atom. The molecule has 4 rings (SSSR count). The lowest BCUT2D eigenvalue weighted by atomic mass is 10.0. The van der Waals surface area contributed by atoms with Gasteiger partial charge in [-0.25, -0.2) is 9.78 Å². The number of imidazole rings is 1. The molecule has 0 saturated heterocycles. The molecule has 2 aromatic heterocycles. The largest absolute Gasteiger partial charge is 0.390 e. The Morgan fingerprint density at radius 1 is 1.26 bits per heavy atom. The summed E-state index contributed by atoms with van der Waals surface area (Å²) in [6.07, 6.45) is 1.47. The minimum Gasteiger partial charge on any atom is -0.390 e. The topological polar surface area (TPSA) is 83.4 Å². The fourth-order valence-electron chi connectivity index (χ4n) is 3.17. The van der Waals surface area contributed by atoms with E-state index in [1.807, 2.05) is 0 Å². The lowest BCUT2D eigenvalue weighted by molar-refractivity contribution is 0.0706. The lowest BCUT2D eigenvalue weighted by Gasteiger charge is -2.12. The number of nitrogens with zero attached hydrogens (tertiary/aromatic N) is 5. The van der Waals surface area contributed by atoms with Crippen LogP contribution in [0.2, 0.25) is 10.0 Å². The minimum atomic E-state index is -0.456. The Balaban J connectivity index is 1.64. The normalized spacial score (nSPS) is 16.6. The van der Waals surface area contributed by atoms with Crippen molar-refractivity contribution in [3.63, 3.8) is 0 Å². The van der Waals surface area contributed by atoms with Gasteiger partial charge in [0.2, 0.25) is 0 Å². The van der Waals surface area contributed by atoms with Crippen molar-refractivity contribution in [1.29, 1.82) is 0 Å². The van der Waals surface area contributed by atoms with Crippen molar-refractivity contribution in [1.82, 2.24) is 18.7 Å². The number of halogens is 2. The quantitative estimate of drug-likeness (QED) is 0.663. The van der Waals surface area contributed by atoms with Crippen LogP contribution in [0.4, 0.5) is 0 Å². The first kappa shape index (κ1) is 17.8. The van der Waals surface area contributed by atoms with Gasteiger partial charge in [-0.2, -0.15) is 0 Å². The van der Waals surface area contributed by atoms with Gasteiger partial charge in [0.15, 0.2) is 17.3 Å². The highest BCUT2D eigenvalue weighted by Gasteiger charge is 2.26. The van der Waals surface area contributed by atoms with Gasteiger partial charge in [0.1, 0.15) is 0 Å². The molecule has 1 aliphatic heterocycles. The van der Waals surface area contributed by atoms with E-state index in [-0.39, 0.29) is 6.54 Å². The molecule has 0 aliphatic carbocycles. The molecule has 1 atom stereocenters. The lowest BCUT2D eigenvalue weighted by Crippen LogP contribution is -2.42. The molecule has 0 bridgehead atoms. The molecule has 8 nitrogen and oxygen atoms in total. The second-order valence-electron chi connectivity index (χ2n) is 6.38. The van der Waals surface area contributed by atoms with E-state index in [0.717, 1.165) is 4.57 Å². The molecule has 140 valence electrons. The van der Waals surface area contributed by atoms with Gasteiger partial charge in [0.25, 0.3) is 5.56 Å². The molecule has 10 heteroatoms. The van der Waals surface area contributed by atoms with Gasteiger partial charge in [-0.15, -0.1) is 0 Å². The van der Waals surface area contributed by atoms with Crippen LogP contribution in [-0.4, -0.2) is 30.5 Å². The summed E-state index contributed by atoms with van der Waals surface area (Å²) in [5.41, 5.74) is 1.21. The van der Waals surface area contributed by atoms with Crippen LogP contribution in [0.25, 0.3) is 11.2 Å². The standard InChI is InChI=1S/C17H15Cl2N5O3/c1-22-8-20-15-14(22)16(25)24(17(26)23(15)2)7-10-6-13(21-27-10)11-4-3-9(18)5-12(11)19/h3-5,8,10H,6-7H2,1-2H3/t10-/m0/s1. The van der Waals surface area contributed by atoms with Crippen molar-refractivity contribution in [3.8, 4) is 0 Å². The average molecular weight is 408 g/mol. The predicted octanol–water partition coefficient (Wildman–Crippen LogP) is 1.93. The average Bonchev–Trinajstić information content (AvgIpc) is 3.24. The van der Waals surface area contributed by atoms with Crippen molar-refractivity contribution in [2.45, 2.75) is 19.1 Å². The van der Waals surface area contributed by atoms with E-state index in [2.05, 4.69) is 10.1 Å². The summed E-state index contributed by atoms with van der Waals surface area (Å²) in [5, 5.41) is 5.07. The van der Waals surface area contributed by atoms with Gasteiger partial charge >= 0.3 is 5.69 Å². The second-order valence-corrected chi connectivity index (χ2v) is 7.22. The zero-order valence-electron chi connectivity index (χ0n) is 14.5. The van der Waals surface area contributed by atoms with Gasteiger partial charge in [-0.1, -0.05) is 34.4 Å². The maximum absolute atomic E-state index is 12.8. The Bertz CT molecular complexity index is 1210. The molecule has 0 spiro atoms. The van der Waals surface area contributed by atoms with Crippen molar-refractivity contribution < 1.29 is 4.84 Å². The molecule has 3 aromatic rings.